The summed E-state index contributed by atoms with van der Waals surface area (Å²) >= 11 is 1.31. The van der Waals surface area contributed by atoms with Gasteiger partial charge in [-0.05, 0) is 24.6 Å². The Morgan fingerprint density at radius 3 is 2.78 bits per heavy atom. The molecule has 0 fully saturated rings. The molecule has 0 spiro atoms. The van der Waals surface area contributed by atoms with Crippen LogP contribution in [0.15, 0.2) is 43.0 Å². The zero-order valence-electron chi connectivity index (χ0n) is 14.0. The molecule has 0 saturated carbocycles. The van der Waals surface area contributed by atoms with Gasteiger partial charge < -0.3 is 10.6 Å². The molecule has 3 heterocycles. The maximum atomic E-state index is 12.2. The van der Waals surface area contributed by atoms with Crippen LogP contribution in [0.1, 0.15) is 15.9 Å². The van der Waals surface area contributed by atoms with Gasteiger partial charge in [0.15, 0.2) is 5.13 Å². The van der Waals surface area contributed by atoms with Crippen molar-refractivity contribution in [2.45, 2.75) is 13.1 Å². The Labute approximate surface area is 156 Å². The summed E-state index contributed by atoms with van der Waals surface area (Å²) in [6, 6.07) is 5.22. The number of nitrogens with one attached hydrogen (secondary N) is 2. The van der Waals surface area contributed by atoms with Crippen LogP contribution in [0.4, 0.5) is 24.1 Å². The van der Waals surface area contributed by atoms with Gasteiger partial charge in [-0.3, -0.25) is 9.78 Å². The summed E-state index contributed by atoms with van der Waals surface area (Å²) in [6.07, 6.45) is 1.52. The summed E-state index contributed by atoms with van der Waals surface area (Å²) in [4.78, 5) is 25.0. The van der Waals surface area contributed by atoms with Crippen LogP contribution in [0, 0.1) is 6.92 Å². The van der Waals surface area contributed by atoms with Crippen LogP contribution < -0.4 is 10.6 Å². The van der Waals surface area contributed by atoms with Crippen LogP contribution >= 0.6 is 11.3 Å². The van der Waals surface area contributed by atoms with Crippen molar-refractivity contribution in [3.63, 3.8) is 0 Å². The highest BCUT2D eigenvalue weighted by Gasteiger charge is 2.28. The van der Waals surface area contributed by atoms with Crippen LogP contribution in [-0.2, 0) is 0 Å². The average Bonchev–Trinajstić information content (AvgIpc) is 3.10. The molecule has 0 aliphatic carbocycles. The van der Waals surface area contributed by atoms with Crippen LogP contribution in [-0.4, -0.2) is 33.6 Å². The topological polar surface area (TPSA) is 79.8 Å². The van der Waals surface area contributed by atoms with Crippen molar-refractivity contribution in [1.29, 1.82) is 0 Å². The Morgan fingerprint density at radius 1 is 1.22 bits per heavy atom. The van der Waals surface area contributed by atoms with E-state index in [1.165, 1.54) is 29.8 Å². The van der Waals surface area contributed by atoms with E-state index in [1.54, 1.807) is 12.4 Å². The first-order chi connectivity index (χ1) is 12.8. The highest BCUT2D eigenvalue weighted by molar-refractivity contribution is 7.18. The number of anilines is 2. The number of pyridine rings is 2. The second kappa shape index (κ2) is 7.70. The number of aromatic nitrogens is 3. The molecule has 0 atom stereocenters. The Balaban J connectivity index is 1.75. The van der Waals surface area contributed by atoms with E-state index < -0.39 is 18.6 Å². The molecule has 10 heteroatoms. The van der Waals surface area contributed by atoms with E-state index in [4.69, 9.17) is 0 Å². The summed E-state index contributed by atoms with van der Waals surface area (Å²) < 4.78 is 36.7. The zero-order valence-corrected chi connectivity index (χ0v) is 14.9. The normalized spacial score (nSPS) is 11.3. The molecule has 0 unspecified atom stereocenters. The number of rotatable bonds is 5. The maximum absolute atomic E-state index is 12.2. The number of halogens is 3. The number of thiazole rings is 1. The van der Waals surface area contributed by atoms with Crippen molar-refractivity contribution in [3.05, 3.63) is 54.1 Å². The fourth-order valence-electron chi connectivity index (χ4n) is 2.16. The lowest BCUT2D eigenvalue weighted by atomic mass is 10.2. The second-order valence-electron chi connectivity index (χ2n) is 5.58. The molecular formula is C17H14F3N5OS. The first kappa shape index (κ1) is 18.8. The van der Waals surface area contributed by atoms with Crippen molar-refractivity contribution < 1.29 is 18.0 Å². The molecule has 0 aliphatic heterocycles. The largest absolute Gasteiger partial charge is 0.405 e. The molecule has 3 aromatic rings. The van der Waals surface area contributed by atoms with Crippen molar-refractivity contribution >= 4 is 28.2 Å². The molecular weight excluding hydrogens is 379 g/mol. The van der Waals surface area contributed by atoms with Gasteiger partial charge in [0.2, 0.25) is 0 Å². The molecule has 3 aromatic heterocycles. The van der Waals surface area contributed by atoms with Gasteiger partial charge in [0.25, 0.3) is 5.91 Å². The predicted molar refractivity (Wildman–Crippen MR) is 96.0 cm³/mol. The first-order valence-electron chi connectivity index (χ1n) is 7.77. The smallest absolute Gasteiger partial charge is 0.343 e. The van der Waals surface area contributed by atoms with Crippen molar-refractivity contribution in [1.82, 2.24) is 20.3 Å². The molecule has 3 rings (SSSR count). The van der Waals surface area contributed by atoms with Crippen molar-refractivity contribution in [3.8, 4) is 10.4 Å². The molecule has 1 amide bonds. The number of carbonyl (C=O) groups excluding carboxylic acids is 1. The number of aryl methyl sites for hydroxylation is 1. The molecule has 6 nitrogen and oxygen atoms in total. The molecule has 0 bridgehead atoms. The van der Waals surface area contributed by atoms with Crippen LogP contribution in [0.2, 0.25) is 0 Å². The van der Waals surface area contributed by atoms with Gasteiger partial charge in [-0.15, -0.1) is 0 Å². The zero-order chi connectivity index (χ0) is 19.4. The minimum atomic E-state index is -4.47. The summed E-state index contributed by atoms with van der Waals surface area (Å²) in [6.45, 7) is 0.519. The average molecular weight is 393 g/mol. The molecule has 140 valence electrons. The van der Waals surface area contributed by atoms with E-state index in [2.05, 4.69) is 20.3 Å². The third-order valence-electron chi connectivity index (χ3n) is 3.47. The van der Waals surface area contributed by atoms with Crippen molar-refractivity contribution in [2.75, 3.05) is 11.9 Å². The first-order valence-corrected chi connectivity index (χ1v) is 8.58. The molecule has 2 N–H and O–H groups in total. The van der Waals surface area contributed by atoms with Gasteiger partial charge >= 0.3 is 6.18 Å². The third-order valence-corrected chi connectivity index (χ3v) is 4.44. The van der Waals surface area contributed by atoms with Gasteiger partial charge in [-0.2, -0.15) is 13.2 Å². The minimum Gasteiger partial charge on any atom is -0.343 e. The standard InChI is InChI=1S/C17H14F3N5OS/c1-10-3-2-4-22-14(10)25-16-23-8-13(27-16)11-5-12(7-21-6-11)15(26)24-9-17(18,19)20/h2-8H,9H2,1H3,(H,24,26)(H,22,23,25). The third kappa shape index (κ3) is 5.00. The lowest BCUT2D eigenvalue weighted by molar-refractivity contribution is -0.123. The number of hydrogen-bond donors (Lipinski definition) is 2. The summed E-state index contributed by atoms with van der Waals surface area (Å²) in [5.41, 5.74) is 1.58. The van der Waals surface area contributed by atoms with E-state index in [1.807, 2.05) is 24.4 Å². The van der Waals surface area contributed by atoms with E-state index in [-0.39, 0.29) is 5.56 Å². The van der Waals surface area contributed by atoms with Gasteiger partial charge in [0.05, 0.1) is 10.4 Å². The lowest BCUT2D eigenvalue weighted by Crippen LogP contribution is -2.33. The van der Waals surface area contributed by atoms with E-state index >= 15 is 0 Å². The molecule has 0 aromatic carbocycles. The van der Waals surface area contributed by atoms with Crippen molar-refractivity contribution in [2.24, 2.45) is 0 Å². The summed E-state index contributed by atoms with van der Waals surface area (Å²) in [5, 5.41) is 5.53. The number of alkyl halides is 3. The molecule has 0 radical (unpaired) electrons. The van der Waals surface area contributed by atoms with Gasteiger partial charge in [-0.25, -0.2) is 9.97 Å². The Bertz CT molecular complexity index is 957. The highest BCUT2D eigenvalue weighted by Crippen LogP contribution is 2.30. The van der Waals surface area contributed by atoms with Crippen LogP contribution in [0.25, 0.3) is 10.4 Å². The quantitative estimate of drug-likeness (QED) is 0.686. The number of amides is 1. The predicted octanol–water partition coefficient (Wildman–Crippen LogP) is 3.94. The van der Waals surface area contributed by atoms with Gasteiger partial charge in [0, 0.05) is 30.4 Å². The Morgan fingerprint density at radius 2 is 2.04 bits per heavy atom. The summed E-state index contributed by atoms with van der Waals surface area (Å²) in [5.74, 6) is -0.162. The molecule has 27 heavy (non-hydrogen) atoms. The molecule has 0 aliphatic rings. The van der Waals surface area contributed by atoms with Crippen LogP contribution in [0.5, 0.6) is 0 Å². The maximum Gasteiger partial charge on any atom is 0.405 e. The summed E-state index contributed by atoms with van der Waals surface area (Å²) in [7, 11) is 0. The van der Waals surface area contributed by atoms with E-state index in [0.717, 1.165) is 5.56 Å². The minimum absolute atomic E-state index is 0.0419. The number of hydrogen-bond acceptors (Lipinski definition) is 6. The number of nitrogens with zero attached hydrogens (tertiary/aromatic N) is 3. The van der Waals surface area contributed by atoms with E-state index in [9.17, 15) is 18.0 Å². The Hall–Kier alpha value is -3.01. The van der Waals surface area contributed by atoms with Crippen LogP contribution in [0.3, 0.4) is 0 Å². The fourth-order valence-corrected chi connectivity index (χ4v) is 2.96. The fraction of sp³-hybridized carbons (Fsp3) is 0.176. The number of carbonyl (C=O) groups is 1. The highest BCUT2D eigenvalue weighted by atomic mass is 32.1. The SMILES string of the molecule is Cc1cccnc1Nc1ncc(-c2cncc(C(=O)NCC(F)(F)F)c2)s1. The van der Waals surface area contributed by atoms with E-state index in [0.29, 0.717) is 21.4 Å². The van der Waals surface area contributed by atoms with Gasteiger partial charge in [0.1, 0.15) is 12.4 Å². The van der Waals surface area contributed by atoms with Gasteiger partial charge in [-0.1, -0.05) is 17.4 Å². The second-order valence-corrected chi connectivity index (χ2v) is 6.61. The Kier molecular flexibility index (Phi) is 5.36. The monoisotopic (exact) mass is 393 g/mol. The lowest BCUT2D eigenvalue weighted by Gasteiger charge is -2.08. The molecule has 0 saturated heterocycles.